The Hall–Kier alpha value is -2.96. The van der Waals surface area contributed by atoms with E-state index in [1.165, 1.54) is 0 Å². The quantitative estimate of drug-likeness (QED) is 0.647. The molecule has 32 heavy (non-hydrogen) atoms. The van der Waals surface area contributed by atoms with Crippen LogP contribution in [0.2, 0.25) is 0 Å². The van der Waals surface area contributed by atoms with Crippen molar-refractivity contribution in [2.45, 2.75) is 25.3 Å². The van der Waals surface area contributed by atoms with Gasteiger partial charge in [-0.3, -0.25) is 14.7 Å². The molecule has 0 saturated carbocycles. The Morgan fingerprint density at radius 3 is 2.69 bits per heavy atom. The van der Waals surface area contributed by atoms with Crippen molar-refractivity contribution in [2.24, 2.45) is 0 Å². The summed E-state index contributed by atoms with van der Waals surface area (Å²) in [6, 6.07) is 16.2. The van der Waals surface area contributed by atoms with E-state index in [0.29, 0.717) is 19.8 Å². The van der Waals surface area contributed by atoms with Crippen molar-refractivity contribution in [1.29, 1.82) is 0 Å². The second-order valence-corrected chi connectivity index (χ2v) is 8.43. The van der Waals surface area contributed by atoms with Crippen LogP contribution >= 0.6 is 0 Å². The number of methoxy groups -OCH3 is 1. The van der Waals surface area contributed by atoms with E-state index in [-0.39, 0.29) is 11.9 Å². The van der Waals surface area contributed by atoms with Crippen molar-refractivity contribution in [1.82, 2.24) is 15.2 Å². The fraction of sp³-hybridized carbons (Fsp3) is 0.385. The minimum Gasteiger partial charge on any atom is -0.497 e. The van der Waals surface area contributed by atoms with Gasteiger partial charge in [-0.2, -0.15) is 0 Å². The Labute approximate surface area is 188 Å². The van der Waals surface area contributed by atoms with Gasteiger partial charge in [-0.25, -0.2) is 0 Å². The number of pyridine rings is 1. The number of amides is 1. The van der Waals surface area contributed by atoms with Crippen LogP contribution in [0.5, 0.6) is 5.75 Å². The Kier molecular flexibility index (Phi) is 6.06. The minimum absolute atomic E-state index is 0.00600. The zero-order chi connectivity index (χ0) is 21.9. The fourth-order valence-corrected chi connectivity index (χ4v) is 4.92. The van der Waals surface area contributed by atoms with Crippen LogP contribution in [0.25, 0.3) is 10.9 Å². The van der Waals surface area contributed by atoms with E-state index >= 15 is 0 Å². The van der Waals surface area contributed by atoms with Gasteiger partial charge >= 0.3 is 0 Å². The van der Waals surface area contributed by atoms with Crippen LogP contribution in [-0.2, 0) is 17.6 Å². The van der Waals surface area contributed by atoms with Gasteiger partial charge in [-0.15, -0.1) is 0 Å². The number of hydrogen-bond donors (Lipinski definition) is 1. The SMILES string of the molecule is COc1ccc(C(CNC(=O)c2c3c(nc4ccccc24)CCC3)N2CCOCC2)cc1. The van der Waals surface area contributed by atoms with Crippen LogP contribution < -0.4 is 10.1 Å². The van der Waals surface area contributed by atoms with E-state index in [4.69, 9.17) is 14.5 Å². The van der Waals surface area contributed by atoms with E-state index in [1.54, 1.807) is 7.11 Å². The van der Waals surface area contributed by atoms with Gasteiger partial charge in [0.1, 0.15) is 5.75 Å². The predicted octanol–water partition coefficient (Wildman–Crippen LogP) is 3.54. The van der Waals surface area contributed by atoms with Crippen molar-refractivity contribution in [2.75, 3.05) is 40.0 Å². The number of para-hydroxylation sites is 1. The van der Waals surface area contributed by atoms with Gasteiger partial charge in [0.05, 0.1) is 37.4 Å². The Morgan fingerprint density at radius 2 is 1.91 bits per heavy atom. The maximum atomic E-state index is 13.5. The van der Waals surface area contributed by atoms with Crippen LogP contribution in [0.3, 0.4) is 0 Å². The lowest BCUT2D eigenvalue weighted by atomic mass is 10.00. The van der Waals surface area contributed by atoms with Crippen LogP contribution in [0.15, 0.2) is 48.5 Å². The summed E-state index contributed by atoms with van der Waals surface area (Å²) >= 11 is 0. The molecular formula is C26H29N3O3. The molecule has 0 bridgehead atoms. The molecule has 6 nitrogen and oxygen atoms in total. The van der Waals surface area contributed by atoms with Crippen LogP contribution in [0.4, 0.5) is 0 Å². The molecule has 2 heterocycles. The number of aromatic nitrogens is 1. The highest BCUT2D eigenvalue weighted by Gasteiger charge is 2.26. The molecule has 1 fully saturated rings. The summed E-state index contributed by atoms with van der Waals surface area (Å²) in [5.74, 6) is 0.825. The van der Waals surface area contributed by atoms with Crippen molar-refractivity contribution in [3.8, 4) is 5.75 Å². The topological polar surface area (TPSA) is 63.7 Å². The first-order valence-corrected chi connectivity index (χ1v) is 11.4. The van der Waals surface area contributed by atoms with Crippen molar-refractivity contribution in [3.63, 3.8) is 0 Å². The predicted molar refractivity (Wildman–Crippen MR) is 124 cm³/mol. The zero-order valence-corrected chi connectivity index (χ0v) is 18.5. The number of aryl methyl sites for hydroxylation is 1. The normalized spacial score (nSPS) is 17.2. The molecule has 1 N–H and O–H groups in total. The maximum absolute atomic E-state index is 13.5. The maximum Gasteiger partial charge on any atom is 0.252 e. The highest BCUT2D eigenvalue weighted by molar-refractivity contribution is 6.07. The number of rotatable bonds is 6. The van der Waals surface area contributed by atoms with Gasteiger partial charge in [-0.1, -0.05) is 30.3 Å². The number of nitrogens with one attached hydrogen (secondary N) is 1. The Balaban J connectivity index is 1.42. The molecule has 166 valence electrons. The van der Waals surface area contributed by atoms with E-state index in [9.17, 15) is 4.79 Å². The lowest BCUT2D eigenvalue weighted by molar-refractivity contribution is 0.0162. The molecule has 5 rings (SSSR count). The second kappa shape index (κ2) is 9.27. The molecular weight excluding hydrogens is 402 g/mol. The minimum atomic E-state index is -0.00600. The number of hydrogen-bond acceptors (Lipinski definition) is 5. The third-order valence-corrected chi connectivity index (χ3v) is 6.59. The first-order chi connectivity index (χ1) is 15.7. The Bertz CT molecular complexity index is 1110. The highest BCUT2D eigenvalue weighted by atomic mass is 16.5. The smallest absolute Gasteiger partial charge is 0.252 e. The summed E-state index contributed by atoms with van der Waals surface area (Å²) in [6.07, 6.45) is 2.92. The summed E-state index contributed by atoms with van der Waals surface area (Å²) in [5, 5.41) is 4.21. The first kappa shape index (κ1) is 20.9. The third kappa shape index (κ3) is 4.08. The fourth-order valence-electron chi connectivity index (χ4n) is 4.92. The summed E-state index contributed by atoms with van der Waals surface area (Å²) in [6.45, 7) is 3.66. The van der Waals surface area contributed by atoms with Gasteiger partial charge in [0, 0.05) is 30.7 Å². The molecule has 1 aliphatic carbocycles. The highest BCUT2D eigenvalue weighted by Crippen LogP contribution is 2.30. The van der Waals surface area contributed by atoms with E-state index in [2.05, 4.69) is 22.3 Å². The molecule has 6 heteroatoms. The van der Waals surface area contributed by atoms with Gasteiger partial charge in [0.15, 0.2) is 0 Å². The number of fused-ring (bicyclic) bond motifs is 2. The molecule has 2 aliphatic rings. The average Bonchev–Trinajstić information content (AvgIpc) is 3.31. The molecule has 0 radical (unpaired) electrons. The number of carbonyl (C=O) groups excluding carboxylic acids is 1. The largest absolute Gasteiger partial charge is 0.497 e. The summed E-state index contributed by atoms with van der Waals surface area (Å²) in [5.41, 5.74) is 5.07. The number of carbonyl (C=O) groups is 1. The lowest BCUT2D eigenvalue weighted by Gasteiger charge is -2.35. The standard InChI is InChI=1S/C26H29N3O3/c1-31-19-11-9-18(10-12-19)24(29-13-15-32-16-14-29)17-27-26(30)25-20-5-2-3-7-22(20)28-23-8-4-6-21(23)25/h2-3,5,7,9-12,24H,4,6,8,13-17H2,1H3,(H,27,30). The van der Waals surface area contributed by atoms with E-state index in [1.807, 2.05) is 36.4 Å². The van der Waals surface area contributed by atoms with Gasteiger partial charge in [0.25, 0.3) is 5.91 Å². The first-order valence-electron chi connectivity index (χ1n) is 11.4. The van der Waals surface area contributed by atoms with Gasteiger partial charge in [0.2, 0.25) is 0 Å². The number of benzene rings is 2. The van der Waals surface area contributed by atoms with Crippen LogP contribution in [0, 0.1) is 0 Å². The lowest BCUT2D eigenvalue weighted by Crippen LogP contribution is -2.44. The number of nitrogens with zero attached hydrogens (tertiary/aromatic N) is 2. The van der Waals surface area contributed by atoms with Gasteiger partial charge in [-0.05, 0) is 48.6 Å². The molecule has 1 aromatic heterocycles. The van der Waals surface area contributed by atoms with Crippen molar-refractivity contribution < 1.29 is 14.3 Å². The molecule has 1 aliphatic heterocycles. The summed E-state index contributed by atoms with van der Waals surface area (Å²) in [4.78, 5) is 20.7. The molecule has 1 saturated heterocycles. The molecule has 0 spiro atoms. The number of morpholine rings is 1. The molecule has 3 aromatic rings. The van der Waals surface area contributed by atoms with Crippen molar-refractivity contribution >= 4 is 16.8 Å². The van der Waals surface area contributed by atoms with Gasteiger partial charge < -0.3 is 14.8 Å². The second-order valence-electron chi connectivity index (χ2n) is 8.43. The molecule has 1 amide bonds. The Morgan fingerprint density at radius 1 is 1.12 bits per heavy atom. The summed E-state index contributed by atoms with van der Waals surface area (Å²) in [7, 11) is 1.67. The van der Waals surface area contributed by atoms with Crippen LogP contribution in [0.1, 0.15) is 39.6 Å². The van der Waals surface area contributed by atoms with Crippen LogP contribution in [-0.4, -0.2) is 55.7 Å². The zero-order valence-electron chi connectivity index (χ0n) is 18.5. The van der Waals surface area contributed by atoms with E-state index < -0.39 is 0 Å². The van der Waals surface area contributed by atoms with Crippen molar-refractivity contribution in [3.05, 3.63) is 70.9 Å². The number of ether oxygens (including phenoxy) is 2. The monoisotopic (exact) mass is 431 g/mol. The molecule has 1 atom stereocenters. The molecule has 2 aromatic carbocycles. The van der Waals surface area contributed by atoms with E-state index in [0.717, 1.165) is 71.4 Å². The third-order valence-electron chi connectivity index (χ3n) is 6.59. The average molecular weight is 432 g/mol. The summed E-state index contributed by atoms with van der Waals surface area (Å²) < 4.78 is 10.9. The molecule has 1 unspecified atom stereocenters.